The fraction of sp³-hybridized carbons (Fsp3) is 0.500. The van der Waals surface area contributed by atoms with Crippen LogP contribution in [0.25, 0.3) is 0 Å². The molecule has 78 valence electrons. The molecule has 3 nitrogen and oxygen atoms in total. The minimum Gasteiger partial charge on any atom is -0.383 e. The molecule has 1 heterocycles. The Bertz CT molecular complexity index is 304. The van der Waals surface area contributed by atoms with Gasteiger partial charge in [0.1, 0.15) is 4.60 Å². The maximum absolute atomic E-state index is 5.04. The molecule has 0 bridgehead atoms. The molecular formula is C10H15BrN2O. The number of anilines is 1. The smallest absolute Gasteiger partial charge is 0.109 e. The molecule has 0 saturated carbocycles. The van der Waals surface area contributed by atoms with E-state index in [1.807, 2.05) is 13.1 Å². The third kappa shape index (κ3) is 3.27. The molecule has 0 aliphatic rings. The van der Waals surface area contributed by atoms with E-state index in [9.17, 15) is 0 Å². The summed E-state index contributed by atoms with van der Waals surface area (Å²) in [6.07, 6.45) is 1.81. The largest absolute Gasteiger partial charge is 0.383 e. The van der Waals surface area contributed by atoms with E-state index in [1.165, 1.54) is 0 Å². The van der Waals surface area contributed by atoms with Crippen molar-refractivity contribution in [2.75, 3.05) is 19.0 Å². The highest BCUT2D eigenvalue weighted by molar-refractivity contribution is 9.10. The van der Waals surface area contributed by atoms with Gasteiger partial charge in [0.15, 0.2) is 0 Å². The number of hydrogen-bond donors (Lipinski definition) is 1. The number of methoxy groups -OCH3 is 1. The van der Waals surface area contributed by atoms with Crippen molar-refractivity contribution >= 4 is 21.6 Å². The Labute approximate surface area is 93.0 Å². The van der Waals surface area contributed by atoms with Gasteiger partial charge in [-0.05, 0) is 41.4 Å². The molecule has 0 aliphatic carbocycles. The summed E-state index contributed by atoms with van der Waals surface area (Å²) < 4.78 is 5.93. The summed E-state index contributed by atoms with van der Waals surface area (Å²) in [4.78, 5) is 4.21. The highest BCUT2D eigenvalue weighted by Gasteiger charge is 2.02. The molecule has 1 rings (SSSR count). The van der Waals surface area contributed by atoms with E-state index in [-0.39, 0.29) is 0 Å². The first-order valence-corrected chi connectivity index (χ1v) is 5.30. The predicted molar refractivity (Wildman–Crippen MR) is 61.6 cm³/mol. The number of pyridine rings is 1. The van der Waals surface area contributed by atoms with E-state index in [0.717, 1.165) is 15.9 Å². The number of hydrogen-bond acceptors (Lipinski definition) is 3. The molecule has 0 amide bonds. The molecular weight excluding hydrogens is 244 g/mol. The van der Waals surface area contributed by atoms with Crippen molar-refractivity contribution in [2.24, 2.45) is 0 Å². The molecule has 1 atom stereocenters. The standard InChI is InChI=1S/C10H15BrN2O/c1-7-4-9(5-12-10(7)11)13-8(2)6-14-3/h4-5,8,13H,6H2,1-3H3. The van der Waals surface area contributed by atoms with Gasteiger partial charge in [-0.15, -0.1) is 0 Å². The normalized spacial score (nSPS) is 12.6. The molecule has 14 heavy (non-hydrogen) atoms. The molecule has 4 heteroatoms. The maximum Gasteiger partial charge on any atom is 0.109 e. The van der Waals surface area contributed by atoms with Crippen LogP contribution in [0.5, 0.6) is 0 Å². The predicted octanol–water partition coefficient (Wildman–Crippen LogP) is 2.60. The Hall–Kier alpha value is -0.610. The minimum absolute atomic E-state index is 0.294. The average Bonchev–Trinajstić information content (AvgIpc) is 2.12. The first-order chi connectivity index (χ1) is 6.63. The lowest BCUT2D eigenvalue weighted by atomic mass is 10.2. The summed E-state index contributed by atoms with van der Waals surface area (Å²) >= 11 is 3.36. The number of rotatable bonds is 4. The highest BCUT2D eigenvalue weighted by atomic mass is 79.9. The Morgan fingerprint density at radius 3 is 2.93 bits per heavy atom. The third-order valence-corrected chi connectivity index (χ3v) is 2.67. The van der Waals surface area contributed by atoms with Gasteiger partial charge in [0, 0.05) is 13.2 Å². The Kier molecular flexibility index (Phi) is 4.35. The zero-order valence-corrected chi connectivity index (χ0v) is 10.3. The van der Waals surface area contributed by atoms with E-state index >= 15 is 0 Å². The summed E-state index contributed by atoms with van der Waals surface area (Å²) in [6, 6.07) is 2.35. The van der Waals surface area contributed by atoms with Crippen LogP contribution in [0.15, 0.2) is 16.9 Å². The summed E-state index contributed by atoms with van der Waals surface area (Å²) in [5, 5.41) is 3.30. The van der Waals surface area contributed by atoms with Crippen molar-refractivity contribution in [1.82, 2.24) is 4.98 Å². The summed E-state index contributed by atoms with van der Waals surface area (Å²) in [5.74, 6) is 0. The van der Waals surface area contributed by atoms with Gasteiger partial charge in [0.2, 0.25) is 0 Å². The van der Waals surface area contributed by atoms with Gasteiger partial charge < -0.3 is 10.1 Å². The van der Waals surface area contributed by atoms with Crippen molar-refractivity contribution in [1.29, 1.82) is 0 Å². The van der Waals surface area contributed by atoms with E-state index in [1.54, 1.807) is 7.11 Å². The summed E-state index contributed by atoms with van der Waals surface area (Å²) in [7, 11) is 1.70. The van der Waals surface area contributed by atoms with Gasteiger partial charge in [-0.2, -0.15) is 0 Å². The van der Waals surface area contributed by atoms with Crippen molar-refractivity contribution in [3.8, 4) is 0 Å². The van der Waals surface area contributed by atoms with Crippen LogP contribution in [-0.4, -0.2) is 24.7 Å². The summed E-state index contributed by atoms with van der Waals surface area (Å²) in [5.41, 5.74) is 2.15. The van der Waals surface area contributed by atoms with Crippen LogP contribution >= 0.6 is 15.9 Å². The minimum atomic E-state index is 0.294. The van der Waals surface area contributed by atoms with Gasteiger partial charge in [-0.1, -0.05) is 0 Å². The molecule has 1 N–H and O–H groups in total. The first kappa shape index (κ1) is 11.5. The van der Waals surface area contributed by atoms with Crippen LogP contribution in [0.4, 0.5) is 5.69 Å². The SMILES string of the molecule is COCC(C)Nc1cnc(Br)c(C)c1. The van der Waals surface area contributed by atoms with Gasteiger partial charge in [0.05, 0.1) is 18.5 Å². The molecule has 0 fully saturated rings. The molecule has 1 unspecified atom stereocenters. The third-order valence-electron chi connectivity index (χ3n) is 1.84. The number of nitrogens with zero attached hydrogens (tertiary/aromatic N) is 1. The van der Waals surface area contributed by atoms with E-state index in [2.05, 4.69) is 39.2 Å². The molecule has 0 aromatic carbocycles. The fourth-order valence-electron chi connectivity index (χ4n) is 1.21. The second-order valence-corrected chi connectivity index (χ2v) is 4.08. The average molecular weight is 259 g/mol. The zero-order chi connectivity index (χ0) is 10.6. The second kappa shape index (κ2) is 5.32. The Morgan fingerprint density at radius 2 is 2.36 bits per heavy atom. The second-order valence-electron chi connectivity index (χ2n) is 3.33. The van der Waals surface area contributed by atoms with Crippen molar-refractivity contribution in [3.63, 3.8) is 0 Å². The van der Waals surface area contributed by atoms with Crippen LogP contribution in [0.3, 0.4) is 0 Å². The lowest BCUT2D eigenvalue weighted by Gasteiger charge is -2.14. The molecule has 0 radical (unpaired) electrons. The van der Waals surface area contributed by atoms with Crippen LogP contribution in [-0.2, 0) is 4.74 Å². The van der Waals surface area contributed by atoms with Crippen molar-refractivity contribution < 1.29 is 4.74 Å². The molecule has 0 spiro atoms. The zero-order valence-electron chi connectivity index (χ0n) is 8.67. The maximum atomic E-state index is 5.04. The van der Waals surface area contributed by atoms with Crippen LogP contribution in [0.2, 0.25) is 0 Å². The van der Waals surface area contributed by atoms with E-state index in [0.29, 0.717) is 12.6 Å². The van der Waals surface area contributed by atoms with Crippen LogP contribution in [0, 0.1) is 6.92 Å². The molecule has 1 aromatic heterocycles. The van der Waals surface area contributed by atoms with Crippen LogP contribution < -0.4 is 5.32 Å². The summed E-state index contributed by atoms with van der Waals surface area (Å²) in [6.45, 7) is 4.78. The fourth-order valence-corrected chi connectivity index (χ4v) is 1.43. The van der Waals surface area contributed by atoms with Crippen molar-refractivity contribution in [2.45, 2.75) is 19.9 Å². The van der Waals surface area contributed by atoms with Crippen molar-refractivity contribution in [3.05, 3.63) is 22.4 Å². The lowest BCUT2D eigenvalue weighted by Crippen LogP contribution is -2.20. The molecule has 0 aliphatic heterocycles. The molecule has 0 saturated heterocycles. The number of halogens is 1. The molecule has 1 aromatic rings. The van der Waals surface area contributed by atoms with E-state index < -0.39 is 0 Å². The monoisotopic (exact) mass is 258 g/mol. The highest BCUT2D eigenvalue weighted by Crippen LogP contribution is 2.17. The van der Waals surface area contributed by atoms with E-state index in [4.69, 9.17) is 4.74 Å². The number of nitrogens with one attached hydrogen (secondary N) is 1. The number of ether oxygens (including phenoxy) is 1. The number of aromatic nitrogens is 1. The quantitative estimate of drug-likeness (QED) is 0.844. The number of aryl methyl sites for hydroxylation is 1. The topological polar surface area (TPSA) is 34.1 Å². The van der Waals surface area contributed by atoms with Gasteiger partial charge in [-0.3, -0.25) is 0 Å². The first-order valence-electron chi connectivity index (χ1n) is 4.51. The van der Waals surface area contributed by atoms with Crippen LogP contribution in [0.1, 0.15) is 12.5 Å². The van der Waals surface area contributed by atoms with Gasteiger partial charge >= 0.3 is 0 Å². The Morgan fingerprint density at radius 1 is 1.64 bits per heavy atom. The lowest BCUT2D eigenvalue weighted by molar-refractivity contribution is 0.190. The Balaban J connectivity index is 2.63. The van der Waals surface area contributed by atoms with Gasteiger partial charge in [0.25, 0.3) is 0 Å². The van der Waals surface area contributed by atoms with Gasteiger partial charge in [-0.25, -0.2) is 4.98 Å².